The normalized spacial score (nSPS) is 35.4. The van der Waals surface area contributed by atoms with Crippen molar-refractivity contribution in [1.82, 2.24) is 0 Å². The second kappa shape index (κ2) is 4.84. The van der Waals surface area contributed by atoms with E-state index < -0.39 is 29.5 Å². The van der Waals surface area contributed by atoms with Crippen LogP contribution in [-0.4, -0.2) is 48.7 Å². The van der Waals surface area contributed by atoms with Crippen LogP contribution in [0, 0.1) is 10.1 Å². The van der Waals surface area contributed by atoms with Crippen LogP contribution in [0.2, 0.25) is 0 Å². The molecule has 2 fully saturated rings. The van der Waals surface area contributed by atoms with Crippen molar-refractivity contribution in [2.24, 2.45) is 0 Å². The minimum absolute atomic E-state index is 0.0660. The van der Waals surface area contributed by atoms with Gasteiger partial charge in [0.2, 0.25) is 0 Å². The van der Waals surface area contributed by atoms with Crippen LogP contribution in [0.3, 0.4) is 0 Å². The molecule has 0 saturated carbocycles. The molecule has 0 N–H and O–H groups in total. The maximum atomic E-state index is 11.1. The summed E-state index contributed by atoms with van der Waals surface area (Å²) in [5.41, 5.74) is 0. The molecule has 96 valence electrons. The van der Waals surface area contributed by atoms with E-state index in [-0.39, 0.29) is 25.6 Å². The average Bonchev–Trinajstić information content (AvgIpc) is 2.83. The summed E-state index contributed by atoms with van der Waals surface area (Å²) in [6, 6.07) is 0. The standard InChI is InChI=1S/C9H13NO7/c1-2-7(11)16-5-3-14-9-6(17-10(12)13)4-15-8(5)9/h5-6,8-9H,2-4H2,1H3/t5-,6+,8+,9+/m0/s1. The smallest absolute Gasteiger partial charge is 0.305 e. The van der Waals surface area contributed by atoms with Crippen molar-refractivity contribution < 1.29 is 28.9 Å². The van der Waals surface area contributed by atoms with E-state index in [0.717, 1.165) is 0 Å². The first kappa shape index (κ1) is 12.1. The Hall–Kier alpha value is -1.41. The summed E-state index contributed by atoms with van der Waals surface area (Å²) in [6.07, 6.45) is -2.01. The Morgan fingerprint density at radius 1 is 1.35 bits per heavy atom. The minimum atomic E-state index is -0.870. The van der Waals surface area contributed by atoms with E-state index in [4.69, 9.17) is 14.2 Å². The molecule has 2 saturated heterocycles. The van der Waals surface area contributed by atoms with Crippen molar-refractivity contribution in [3.05, 3.63) is 10.1 Å². The van der Waals surface area contributed by atoms with Gasteiger partial charge in [-0.25, -0.2) is 0 Å². The van der Waals surface area contributed by atoms with E-state index in [0.29, 0.717) is 0 Å². The van der Waals surface area contributed by atoms with E-state index in [9.17, 15) is 14.9 Å². The van der Waals surface area contributed by atoms with Gasteiger partial charge in [0.25, 0.3) is 5.09 Å². The van der Waals surface area contributed by atoms with Crippen molar-refractivity contribution in [3.8, 4) is 0 Å². The first-order chi connectivity index (χ1) is 8.11. The van der Waals surface area contributed by atoms with Gasteiger partial charge < -0.3 is 19.0 Å². The van der Waals surface area contributed by atoms with Gasteiger partial charge in [-0.2, -0.15) is 0 Å². The zero-order valence-electron chi connectivity index (χ0n) is 9.24. The zero-order chi connectivity index (χ0) is 12.4. The van der Waals surface area contributed by atoms with Gasteiger partial charge in [0.1, 0.15) is 12.2 Å². The molecule has 0 radical (unpaired) electrons. The Kier molecular flexibility index (Phi) is 3.43. The third-order valence-corrected chi connectivity index (χ3v) is 2.76. The largest absolute Gasteiger partial charge is 0.457 e. The molecular weight excluding hydrogens is 234 g/mol. The Morgan fingerprint density at radius 2 is 1.94 bits per heavy atom. The predicted octanol–water partition coefficient (Wildman–Crippen LogP) is -0.317. The summed E-state index contributed by atoms with van der Waals surface area (Å²) in [7, 11) is 0. The van der Waals surface area contributed by atoms with E-state index in [2.05, 4.69) is 4.84 Å². The van der Waals surface area contributed by atoms with Crippen molar-refractivity contribution in [1.29, 1.82) is 0 Å². The first-order valence-corrected chi connectivity index (χ1v) is 5.35. The van der Waals surface area contributed by atoms with Crippen LogP contribution in [-0.2, 0) is 23.8 Å². The van der Waals surface area contributed by atoms with Gasteiger partial charge in [0, 0.05) is 6.42 Å². The second-order valence-corrected chi connectivity index (χ2v) is 3.85. The Balaban J connectivity index is 1.92. The van der Waals surface area contributed by atoms with Gasteiger partial charge in [-0.1, -0.05) is 6.92 Å². The molecular formula is C9H13NO7. The molecule has 2 aliphatic heterocycles. The number of esters is 1. The number of carbonyl (C=O) groups excluding carboxylic acids is 1. The van der Waals surface area contributed by atoms with Crippen molar-refractivity contribution in [3.63, 3.8) is 0 Å². The van der Waals surface area contributed by atoms with Gasteiger partial charge in [0.05, 0.1) is 13.2 Å². The van der Waals surface area contributed by atoms with Crippen LogP contribution in [0.5, 0.6) is 0 Å². The van der Waals surface area contributed by atoms with Gasteiger partial charge in [-0.15, -0.1) is 10.1 Å². The monoisotopic (exact) mass is 247 g/mol. The number of rotatable bonds is 4. The van der Waals surface area contributed by atoms with Gasteiger partial charge in [-0.3, -0.25) is 4.79 Å². The Labute approximate surface area is 96.9 Å². The number of hydrogen-bond donors (Lipinski definition) is 0. The molecule has 2 aliphatic rings. The highest BCUT2D eigenvalue weighted by Crippen LogP contribution is 2.30. The summed E-state index contributed by atoms with van der Waals surface area (Å²) < 4.78 is 15.7. The molecule has 8 nitrogen and oxygen atoms in total. The molecule has 0 bridgehead atoms. The summed E-state index contributed by atoms with van der Waals surface area (Å²) in [5.74, 6) is -0.346. The highest BCUT2D eigenvalue weighted by Gasteiger charge is 2.50. The molecule has 0 aromatic rings. The van der Waals surface area contributed by atoms with Crippen molar-refractivity contribution in [2.75, 3.05) is 13.2 Å². The van der Waals surface area contributed by atoms with Crippen LogP contribution < -0.4 is 0 Å². The van der Waals surface area contributed by atoms with E-state index >= 15 is 0 Å². The van der Waals surface area contributed by atoms with Gasteiger partial charge >= 0.3 is 5.97 Å². The summed E-state index contributed by atoms with van der Waals surface area (Å²) in [6.45, 7) is 1.93. The molecule has 0 aliphatic carbocycles. The van der Waals surface area contributed by atoms with E-state index in [1.807, 2.05) is 0 Å². The summed E-state index contributed by atoms with van der Waals surface area (Å²) in [4.78, 5) is 25.8. The topological polar surface area (TPSA) is 97.1 Å². The Bertz CT molecular complexity index is 320. The van der Waals surface area contributed by atoms with Crippen molar-refractivity contribution >= 4 is 5.97 Å². The lowest BCUT2D eigenvalue weighted by molar-refractivity contribution is -0.769. The molecule has 8 heteroatoms. The first-order valence-electron chi connectivity index (χ1n) is 5.35. The molecule has 0 aromatic carbocycles. The zero-order valence-corrected chi connectivity index (χ0v) is 9.24. The molecule has 2 heterocycles. The van der Waals surface area contributed by atoms with Crippen LogP contribution in [0.4, 0.5) is 0 Å². The van der Waals surface area contributed by atoms with Gasteiger partial charge in [0.15, 0.2) is 12.2 Å². The predicted molar refractivity (Wildman–Crippen MR) is 51.5 cm³/mol. The van der Waals surface area contributed by atoms with Gasteiger partial charge in [-0.05, 0) is 0 Å². The number of nitrogens with zero attached hydrogens (tertiary/aromatic N) is 1. The summed E-state index contributed by atoms with van der Waals surface area (Å²) in [5, 5.41) is 9.37. The number of fused-ring (bicyclic) bond motifs is 1. The van der Waals surface area contributed by atoms with Crippen LogP contribution in [0.25, 0.3) is 0 Å². The fourth-order valence-electron chi connectivity index (χ4n) is 1.98. The van der Waals surface area contributed by atoms with Crippen LogP contribution >= 0.6 is 0 Å². The third kappa shape index (κ3) is 2.47. The molecule has 17 heavy (non-hydrogen) atoms. The fraction of sp³-hybridized carbons (Fsp3) is 0.889. The second-order valence-electron chi connectivity index (χ2n) is 3.85. The lowest BCUT2D eigenvalue weighted by Gasteiger charge is -2.16. The third-order valence-electron chi connectivity index (χ3n) is 2.76. The van der Waals surface area contributed by atoms with E-state index in [1.54, 1.807) is 6.92 Å². The Morgan fingerprint density at radius 3 is 2.53 bits per heavy atom. The quantitative estimate of drug-likeness (QED) is 0.381. The van der Waals surface area contributed by atoms with Crippen LogP contribution in [0.15, 0.2) is 0 Å². The number of ether oxygens (including phenoxy) is 3. The average molecular weight is 247 g/mol. The molecule has 0 unspecified atom stereocenters. The molecule has 4 atom stereocenters. The van der Waals surface area contributed by atoms with E-state index in [1.165, 1.54) is 0 Å². The lowest BCUT2D eigenvalue weighted by Crippen LogP contribution is -2.35. The maximum Gasteiger partial charge on any atom is 0.305 e. The minimum Gasteiger partial charge on any atom is -0.457 e. The molecule has 0 spiro atoms. The number of hydrogen-bond acceptors (Lipinski definition) is 7. The number of carbonyl (C=O) groups is 1. The SMILES string of the molecule is CCC(=O)O[C@H]1CO[C@H]2[C@@H]1OC[C@H]2O[N+](=O)[O-]. The molecule has 0 aromatic heterocycles. The maximum absolute atomic E-state index is 11.1. The van der Waals surface area contributed by atoms with Crippen LogP contribution in [0.1, 0.15) is 13.3 Å². The lowest BCUT2D eigenvalue weighted by atomic mass is 10.1. The molecule has 0 amide bonds. The van der Waals surface area contributed by atoms with Crippen molar-refractivity contribution in [2.45, 2.75) is 37.8 Å². The summed E-state index contributed by atoms with van der Waals surface area (Å²) >= 11 is 0. The highest BCUT2D eigenvalue weighted by atomic mass is 17.0. The highest BCUT2D eigenvalue weighted by molar-refractivity contribution is 5.69. The fourth-order valence-corrected chi connectivity index (χ4v) is 1.98. The molecule has 2 rings (SSSR count).